The number of methoxy groups -OCH3 is 1. The zero-order valence-corrected chi connectivity index (χ0v) is 8.04. The molecule has 0 heterocycles. The Labute approximate surface area is 73.7 Å². The third-order valence-corrected chi connectivity index (χ3v) is 2.07. The highest BCUT2D eigenvalue weighted by Crippen LogP contribution is 2.16. The Bertz CT molecular complexity index is 134. The van der Waals surface area contributed by atoms with Gasteiger partial charge in [0.05, 0.1) is 7.11 Å². The summed E-state index contributed by atoms with van der Waals surface area (Å²) in [5, 5.41) is 9.43. The largest absolute Gasteiger partial charge is 0.467 e. The van der Waals surface area contributed by atoms with E-state index in [1.165, 1.54) is 7.11 Å². The number of esters is 1. The van der Waals surface area contributed by atoms with Crippen LogP contribution in [-0.4, -0.2) is 24.3 Å². The first-order chi connectivity index (χ1) is 5.67. The number of aliphatic hydroxyl groups is 1. The summed E-state index contributed by atoms with van der Waals surface area (Å²) in [5.41, 5.74) is 0. The van der Waals surface area contributed by atoms with Crippen molar-refractivity contribution in [3.63, 3.8) is 0 Å². The van der Waals surface area contributed by atoms with Gasteiger partial charge in [0.25, 0.3) is 0 Å². The van der Waals surface area contributed by atoms with Gasteiger partial charge in [0, 0.05) is 0 Å². The summed E-state index contributed by atoms with van der Waals surface area (Å²) in [4.78, 5) is 10.9. The molecule has 2 atom stereocenters. The van der Waals surface area contributed by atoms with Crippen molar-refractivity contribution in [2.75, 3.05) is 7.11 Å². The molecule has 0 saturated heterocycles. The van der Waals surface area contributed by atoms with Crippen molar-refractivity contribution in [2.45, 2.75) is 39.2 Å². The second-order valence-electron chi connectivity index (χ2n) is 2.93. The number of ether oxygens (including phenoxy) is 1. The molecule has 0 bridgehead atoms. The lowest BCUT2D eigenvalue weighted by Gasteiger charge is -2.18. The fourth-order valence-corrected chi connectivity index (χ4v) is 1.27. The summed E-state index contributed by atoms with van der Waals surface area (Å²) in [5.74, 6) is -0.474. The van der Waals surface area contributed by atoms with Crippen molar-refractivity contribution in [2.24, 2.45) is 5.92 Å². The number of rotatable bonds is 5. The van der Waals surface area contributed by atoms with Crippen LogP contribution in [0.2, 0.25) is 0 Å². The Hall–Kier alpha value is -0.570. The highest BCUT2D eigenvalue weighted by molar-refractivity contribution is 5.74. The van der Waals surface area contributed by atoms with Crippen molar-refractivity contribution in [1.82, 2.24) is 0 Å². The van der Waals surface area contributed by atoms with Crippen LogP contribution < -0.4 is 0 Å². The zero-order chi connectivity index (χ0) is 9.56. The van der Waals surface area contributed by atoms with E-state index >= 15 is 0 Å². The lowest BCUT2D eigenvalue weighted by Crippen LogP contribution is -2.30. The molecule has 72 valence electrons. The van der Waals surface area contributed by atoms with Gasteiger partial charge < -0.3 is 9.84 Å². The molecule has 1 N–H and O–H groups in total. The Morgan fingerprint density at radius 2 is 2.08 bits per heavy atom. The van der Waals surface area contributed by atoms with Gasteiger partial charge in [0.2, 0.25) is 0 Å². The minimum Gasteiger partial charge on any atom is -0.467 e. The Morgan fingerprint density at radius 1 is 1.50 bits per heavy atom. The van der Waals surface area contributed by atoms with Crippen LogP contribution in [0, 0.1) is 5.92 Å². The summed E-state index contributed by atoms with van der Waals surface area (Å²) in [6.45, 7) is 4.00. The van der Waals surface area contributed by atoms with Gasteiger partial charge in [-0.1, -0.05) is 26.7 Å². The monoisotopic (exact) mass is 174 g/mol. The molecule has 0 aromatic heterocycles. The van der Waals surface area contributed by atoms with E-state index in [0.717, 1.165) is 19.3 Å². The summed E-state index contributed by atoms with van der Waals surface area (Å²) in [6.07, 6.45) is 1.71. The molecule has 0 aliphatic carbocycles. The molecule has 0 spiro atoms. The van der Waals surface area contributed by atoms with Crippen molar-refractivity contribution in [1.29, 1.82) is 0 Å². The van der Waals surface area contributed by atoms with Crippen molar-refractivity contribution >= 4 is 5.97 Å². The van der Waals surface area contributed by atoms with Crippen LogP contribution in [0.4, 0.5) is 0 Å². The van der Waals surface area contributed by atoms with E-state index in [-0.39, 0.29) is 5.92 Å². The lowest BCUT2D eigenvalue weighted by atomic mass is 9.94. The standard InChI is InChI=1S/C9H18O3/c1-4-6-7(5-2)8(10)9(11)12-3/h7-8,10H,4-6H2,1-3H3. The summed E-state index contributed by atoms with van der Waals surface area (Å²) < 4.78 is 4.45. The molecule has 0 saturated carbocycles. The predicted molar refractivity (Wildman–Crippen MR) is 46.7 cm³/mol. The molecular formula is C9H18O3. The average molecular weight is 174 g/mol. The van der Waals surface area contributed by atoms with E-state index in [0.29, 0.717) is 0 Å². The molecule has 0 fully saturated rings. The Balaban J connectivity index is 4.00. The number of hydrogen-bond acceptors (Lipinski definition) is 3. The van der Waals surface area contributed by atoms with E-state index in [1.54, 1.807) is 0 Å². The topological polar surface area (TPSA) is 46.5 Å². The molecule has 0 rings (SSSR count). The molecule has 0 aliphatic rings. The first-order valence-electron chi connectivity index (χ1n) is 4.43. The van der Waals surface area contributed by atoms with Crippen LogP contribution in [0.15, 0.2) is 0 Å². The van der Waals surface area contributed by atoms with Gasteiger partial charge in [0.15, 0.2) is 6.10 Å². The van der Waals surface area contributed by atoms with Crippen LogP contribution in [0.5, 0.6) is 0 Å². The van der Waals surface area contributed by atoms with Crippen LogP contribution in [-0.2, 0) is 9.53 Å². The van der Waals surface area contributed by atoms with Crippen LogP contribution in [0.1, 0.15) is 33.1 Å². The third kappa shape index (κ3) is 3.22. The molecule has 0 aromatic rings. The van der Waals surface area contributed by atoms with Crippen LogP contribution in [0.25, 0.3) is 0 Å². The van der Waals surface area contributed by atoms with Gasteiger partial charge in [-0.15, -0.1) is 0 Å². The van der Waals surface area contributed by atoms with Gasteiger partial charge >= 0.3 is 5.97 Å². The smallest absolute Gasteiger partial charge is 0.334 e. The number of carbonyl (C=O) groups excluding carboxylic acids is 1. The van der Waals surface area contributed by atoms with Gasteiger partial charge in [-0.25, -0.2) is 4.79 Å². The molecule has 0 aromatic carbocycles. The molecule has 0 radical (unpaired) electrons. The van der Waals surface area contributed by atoms with Gasteiger partial charge in [0.1, 0.15) is 0 Å². The second kappa shape index (κ2) is 6.00. The summed E-state index contributed by atoms with van der Waals surface area (Å²) >= 11 is 0. The SMILES string of the molecule is CCCC(CC)C(O)C(=O)OC. The van der Waals surface area contributed by atoms with Crippen LogP contribution in [0.3, 0.4) is 0 Å². The molecule has 2 unspecified atom stereocenters. The predicted octanol–water partition coefficient (Wildman–Crippen LogP) is 1.35. The lowest BCUT2D eigenvalue weighted by molar-refractivity contribution is -0.153. The Morgan fingerprint density at radius 3 is 2.42 bits per heavy atom. The fraction of sp³-hybridized carbons (Fsp3) is 0.889. The molecular weight excluding hydrogens is 156 g/mol. The second-order valence-corrected chi connectivity index (χ2v) is 2.93. The molecule has 0 amide bonds. The highest BCUT2D eigenvalue weighted by atomic mass is 16.5. The van der Waals surface area contributed by atoms with E-state index < -0.39 is 12.1 Å². The summed E-state index contributed by atoms with van der Waals surface area (Å²) in [7, 11) is 1.30. The average Bonchev–Trinajstić information content (AvgIpc) is 2.11. The van der Waals surface area contributed by atoms with E-state index in [1.807, 2.05) is 13.8 Å². The minimum absolute atomic E-state index is 0.0439. The fourth-order valence-electron chi connectivity index (χ4n) is 1.27. The van der Waals surface area contributed by atoms with Crippen LogP contribution >= 0.6 is 0 Å². The van der Waals surface area contributed by atoms with Gasteiger partial charge in [-0.05, 0) is 12.3 Å². The highest BCUT2D eigenvalue weighted by Gasteiger charge is 2.24. The molecule has 12 heavy (non-hydrogen) atoms. The summed E-state index contributed by atoms with van der Waals surface area (Å²) in [6, 6.07) is 0. The first-order valence-corrected chi connectivity index (χ1v) is 4.43. The number of hydrogen-bond donors (Lipinski definition) is 1. The van der Waals surface area contributed by atoms with E-state index in [9.17, 15) is 9.90 Å². The van der Waals surface area contributed by atoms with E-state index in [2.05, 4.69) is 4.74 Å². The van der Waals surface area contributed by atoms with Gasteiger partial charge in [-0.2, -0.15) is 0 Å². The zero-order valence-electron chi connectivity index (χ0n) is 8.04. The molecule has 0 aliphatic heterocycles. The number of aliphatic hydroxyl groups excluding tert-OH is 1. The Kier molecular flexibility index (Phi) is 5.72. The van der Waals surface area contributed by atoms with Gasteiger partial charge in [-0.3, -0.25) is 0 Å². The minimum atomic E-state index is -0.944. The maximum atomic E-state index is 10.9. The molecule has 3 heteroatoms. The van der Waals surface area contributed by atoms with E-state index in [4.69, 9.17) is 0 Å². The van der Waals surface area contributed by atoms with Crippen molar-refractivity contribution in [3.05, 3.63) is 0 Å². The van der Waals surface area contributed by atoms with Crippen molar-refractivity contribution < 1.29 is 14.6 Å². The molecule has 3 nitrogen and oxygen atoms in total. The van der Waals surface area contributed by atoms with Crippen molar-refractivity contribution in [3.8, 4) is 0 Å². The maximum Gasteiger partial charge on any atom is 0.334 e. The third-order valence-electron chi connectivity index (χ3n) is 2.07. The normalized spacial score (nSPS) is 15.3. The maximum absolute atomic E-state index is 10.9. The first kappa shape index (κ1) is 11.4. The number of carbonyl (C=O) groups is 1. The quantitative estimate of drug-likeness (QED) is 0.640.